The van der Waals surface area contributed by atoms with E-state index in [9.17, 15) is 23.7 Å². The van der Waals surface area contributed by atoms with Crippen molar-refractivity contribution < 1.29 is 18.5 Å². The molecule has 0 radical (unpaired) electrons. The summed E-state index contributed by atoms with van der Waals surface area (Å²) in [5.74, 6) is -2.69. The maximum Gasteiger partial charge on any atom is 0.269 e. The molecule has 0 aliphatic heterocycles. The van der Waals surface area contributed by atoms with Crippen molar-refractivity contribution in [2.45, 2.75) is 0 Å². The summed E-state index contributed by atoms with van der Waals surface area (Å²) in [6.07, 6.45) is 0. The van der Waals surface area contributed by atoms with E-state index in [1.807, 2.05) is 0 Å². The predicted octanol–water partition coefficient (Wildman–Crippen LogP) is 2.71. The Kier molecular flexibility index (Phi) is 5.19. The Morgan fingerprint density at radius 2 is 1.65 bits per heavy atom. The Bertz CT molecular complexity index is 700. The number of carbonyl (C=O) groups excluding carboxylic acids is 1. The monoisotopic (exact) mass is 321 g/mol. The Morgan fingerprint density at radius 1 is 1.04 bits per heavy atom. The number of amides is 1. The SMILES string of the molecule is O=C(NCCNc1ccc([N+](=O)[O-])cc1)c1c(F)cccc1F. The quantitative estimate of drug-likeness (QED) is 0.487. The van der Waals surface area contributed by atoms with Gasteiger partial charge in [0.1, 0.15) is 17.2 Å². The number of benzene rings is 2. The van der Waals surface area contributed by atoms with E-state index in [0.29, 0.717) is 12.2 Å². The summed E-state index contributed by atoms with van der Waals surface area (Å²) in [6.45, 7) is 0.420. The zero-order valence-corrected chi connectivity index (χ0v) is 11.9. The molecule has 0 heterocycles. The van der Waals surface area contributed by atoms with Gasteiger partial charge in [0.15, 0.2) is 0 Å². The fraction of sp³-hybridized carbons (Fsp3) is 0.133. The number of rotatable bonds is 6. The number of hydrogen-bond acceptors (Lipinski definition) is 4. The van der Waals surface area contributed by atoms with E-state index in [0.717, 1.165) is 12.1 Å². The minimum atomic E-state index is -0.925. The Balaban J connectivity index is 1.83. The molecule has 23 heavy (non-hydrogen) atoms. The molecule has 0 aromatic heterocycles. The van der Waals surface area contributed by atoms with E-state index in [1.165, 1.54) is 30.3 Å². The van der Waals surface area contributed by atoms with Gasteiger partial charge in [0.05, 0.1) is 4.92 Å². The van der Waals surface area contributed by atoms with Crippen molar-refractivity contribution in [3.05, 3.63) is 69.8 Å². The van der Waals surface area contributed by atoms with Crippen LogP contribution >= 0.6 is 0 Å². The molecule has 2 aromatic carbocycles. The first kappa shape index (κ1) is 16.3. The van der Waals surface area contributed by atoms with Crippen molar-refractivity contribution in [1.82, 2.24) is 5.32 Å². The van der Waals surface area contributed by atoms with Crippen LogP contribution < -0.4 is 10.6 Å². The van der Waals surface area contributed by atoms with Crippen LogP contribution in [0.1, 0.15) is 10.4 Å². The van der Waals surface area contributed by atoms with Gasteiger partial charge in [-0.25, -0.2) is 8.78 Å². The molecule has 0 atom stereocenters. The lowest BCUT2D eigenvalue weighted by Gasteiger charge is -2.09. The lowest BCUT2D eigenvalue weighted by atomic mass is 10.2. The van der Waals surface area contributed by atoms with Crippen molar-refractivity contribution in [3.63, 3.8) is 0 Å². The first-order valence-electron chi connectivity index (χ1n) is 6.69. The summed E-state index contributed by atoms with van der Waals surface area (Å²) in [7, 11) is 0. The number of nitrogens with one attached hydrogen (secondary N) is 2. The highest BCUT2D eigenvalue weighted by Gasteiger charge is 2.16. The lowest BCUT2D eigenvalue weighted by Crippen LogP contribution is -2.30. The van der Waals surface area contributed by atoms with Crippen molar-refractivity contribution in [2.24, 2.45) is 0 Å². The molecule has 6 nitrogen and oxygen atoms in total. The zero-order chi connectivity index (χ0) is 16.8. The number of hydrogen-bond donors (Lipinski definition) is 2. The fourth-order valence-corrected chi connectivity index (χ4v) is 1.89. The number of nitro groups is 1. The highest BCUT2D eigenvalue weighted by molar-refractivity contribution is 5.94. The first-order chi connectivity index (χ1) is 11.0. The minimum Gasteiger partial charge on any atom is -0.383 e. The molecular formula is C15H13F2N3O3. The number of halogens is 2. The van der Waals surface area contributed by atoms with Gasteiger partial charge in [-0.1, -0.05) is 6.07 Å². The van der Waals surface area contributed by atoms with Gasteiger partial charge in [-0.2, -0.15) is 0 Å². The van der Waals surface area contributed by atoms with E-state index >= 15 is 0 Å². The number of anilines is 1. The Morgan fingerprint density at radius 3 is 2.22 bits per heavy atom. The third-order valence-corrected chi connectivity index (χ3v) is 3.01. The van der Waals surface area contributed by atoms with Gasteiger partial charge >= 0.3 is 0 Å². The van der Waals surface area contributed by atoms with Crippen molar-refractivity contribution >= 4 is 17.3 Å². The van der Waals surface area contributed by atoms with Crippen LogP contribution in [0.2, 0.25) is 0 Å². The Labute approximate surface area is 130 Å². The molecule has 2 aromatic rings. The van der Waals surface area contributed by atoms with Crippen LogP contribution in [0.15, 0.2) is 42.5 Å². The summed E-state index contributed by atoms with van der Waals surface area (Å²) < 4.78 is 26.8. The largest absolute Gasteiger partial charge is 0.383 e. The average Bonchev–Trinajstić information content (AvgIpc) is 2.52. The predicted molar refractivity (Wildman–Crippen MR) is 80.3 cm³/mol. The van der Waals surface area contributed by atoms with E-state index in [-0.39, 0.29) is 12.2 Å². The molecule has 0 saturated carbocycles. The third kappa shape index (κ3) is 4.22. The summed E-state index contributed by atoms with van der Waals surface area (Å²) in [4.78, 5) is 21.7. The van der Waals surface area contributed by atoms with Gasteiger partial charge in [-0.05, 0) is 24.3 Å². The highest BCUT2D eigenvalue weighted by Crippen LogP contribution is 2.15. The summed E-state index contributed by atoms with van der Waals surface area (Å²) in [5.41, 5.74) is -0.0244. The van der Waals surface area contributed by atoms with Gasteiger partial charge in [0.25, 0.3) is 11.6 Å². The maximum absolute atomic E-state index is 13.4. The smallest absolute Gasteiger partial charge is 0.269 e. The third-order valence-electron chi connectivity index (χ3n) is 3.01. The van der Waals surface area contributed by atoms with Crippen LogP contribution in [0.4, 0.5) is 20.2 Å². The normalized spacial score (nSPS) is 10.2. The maximum atomic E-state index is 13.4. The molecule has 0 fully saturated rings. The highest BCUT2D eigenvalue weighted by atomic mass is 19.1. The number of nitrogens with zero attached hydrogens (tertiary/aromatic N) is 1. The van der Waals surface area contributed by atoms with Crippen LogP contribution in [0, 0.1) is 21.7 Å². The second-order valence-corrected chi connectivity index (χ2v) is 4.58. The molecule has 0 aliphatic carbocycles. The van der Waals surface area contributed by atoms with Crippen LogP contribution in [0.5, 0.6) is 0 Å². The van der Waals surface area contributed by atoms with Crippen molar-refractivity contribution in [2.75, 3.05) is 18.4 Å². The fourth-order valence-electron chi connectivity index (χ4n) is 1.89. The second-order valence-electron chi connectivity index (χ2n) is 4.58. The Hall–Kier alpha value is -3.03. The van der Waals surface area contributed by atoms with Gasteiger partial charge in [0, 0.05) is 30.9 Å². The standard InChI is InChI=1S/C15H13F2N3O3/c16-12-2-1-3-13(17)14(12)15(21)19-9-8-18-10-4-6-11(7-5-10)20(22)23/h1-7,18H,8-9H2,(H,19,21). The van der Waals surface area contributed by atoms with E-state index < -0.39 is 28.0 Å². The zero-order valence-electron chi connectivity index (χ0n) is 11.9. The molecule has 0 spiro atoms. The summed E-state index contributed by atoms with van der Waals surface area (Å²) >= 11 is 0. The lowest BCUT2D eigenvalue weighted by molar-refractivity contribution is -0.384. The molecule has 0 aliphatic rings. The van der Waals surface area contributed by atoms with E-state index in [1.54, 1.807) is 0 Å². The van der Waals surface area contributed by atoms with Gasteiger partial charge in [0.2, 0.25) is 0 Å². The molecule has 0 bridgehead atoms. The number of non-ortho nitro benzene ring substituents is 1. The molecule has 2 N–H and O–H groups in total. The van der Waals surface area contributed by atoms with Crippen LogP contribution in [-0.2, 0) is 0 Å². The minimum absolute atomic E-state index is 0.0288. The molecular weight excluding hydrogens is 308 g/mol. The number of nitro benzene ring substituents is 1. The van der Waals surface area contributed by atoms with Gasteiger partial charge in [-0.15, -0.1) is 0 Å². The molecule has 120 valence electrons. The van der Waals surface area contributed by atoms with Crippen LogP contribution in [0.3, 0.4) is 0 Å². The van der Waals surface area contributed by atoms with Crippen molar-refractivity contribution in [3.8, 4) is 0 Å². The first-order valence-corrected chi connectivity index (χ1v) is 6.69. The van der Waals surface area contributed by atoms with E-state index in [4.69, 9.17) is 0 Å². The van der Waals surface area contributed by atoms with Crippen molar-refractivity contribution in [1.29, 1.82) is 0 Å². The molecule has 1 amide bonds. The number of carbonyl (C=O) groups is 1. The van der Waals surface area contributed by atoms with Crippen LogP contribution in [-0.4, -0.2) is 23.9 Å². The summed E-state index contributed by atoms with van der Waals surface area (Å²) in [6, 6.07) is 8.93. The average molecular weight is 321 g/mol. The van der Waals surface area contributed by atoms with Gasteiger partial charge in [-0.3, -0.25) is 14.9 Å². The summed E-state index contributed by atoms with van der Waals surface area (Å²) in [5, 5.41) is 15.8. The molecule has 8 heteroatoms. The topological polar surface area (TPSA) is 84.3 Å². The molecule has 0 unspecified atom stereocenters. The molecule has 2 rings (SSSR count). The molecule has 0 saturated heterocycles. The second kappa shape index (κ2) is 7.30. The van der Waals surface area contributed by atoms with Gasteiger partial charge < -0.3 is 10.6 Å². The van der Waals surface area contributed by atoms with Crippen LogP contribution in [0.25, 0.3) is 0 Å². The van der Waals surface area contributed by atoms with E-state index in [2.05, 4.69) is 10.6 Å².